The van der Waals surface area contributed by atoms with E-state index in [2.05, 4.69) is 16.5 Å². The molecule has 2 rings (SSSR count). The van der Waals surface area contributed by atoms with Crippen LogP contribution in [0.3, 0.4) is 0 Å². The maximum Gasteiger partial charge on any atom is 0.222 e. The summed E-state index contributed by atoms with van der Waals surface area (Å²) >= 11 is 0. The number of benzene rings is 1. The highest BCUT2D eigenvalue weighted by molar-refractivity contribution is 5.51. The van der Waals surface area contributed by atoms with Crippen molar-refractivity contribution in [2.75, 3.05) is 11.5 Å². The molecule has 0 fully saturated rings. The van der Waals surface area contributed by atoms with Gasteiger partial charge in [-0.25, -0.2) is 9.37 Å². The van der Waals surface area contributed by atoms with Crippen LogP contribution in [-0.4, -0.2) is 9.97 Å². The summed E-state index contributed by atoms with van der Waals surface area (Å²) in [6.45, 7) is 9.60. The number of aromatic nitrogens is 2. The zero-order chi connectivity index (χ0) is 16.7. The van der Waals surface area contributed by atoms with Crippen LogP contribution in [0.5, 0.6) is 0 Å². The maximum absolute atomic E-state index is 12.1. The lowest BCUT2D eigenvalue weighted by molar-refractivity contribution is 0.627. The lowest BCUT2D eigenvalue weighted by Crippen LogP contribution is -2.32. The molecule has 1 aromatic heterocycles. The summed E-state index contributed by atoms with van der Waals surface area (Å²) in [5, 5.41) is 1.28. The molecule has 0 bridgehead atoms. The van der Waals surface area contributed by atoms with Crippen molar-refractivity contribution in [3.05, 3.63) is 57.9 Å². The van der Waals surface area contributed by atoms with Crippen LogP contribution in [0.15, 0.2) is 35.9 Å². The van der Waals surface area contributed by atoms with Crippen molar-refractivity contribution in [3.8, 4) is 0 Å². The number of halogens is 1. The fourth-order valence-corrected chi connectivity index (χ4v) is 1.56. The minimum absolute atomic E-state index is 0.155. The van der Waals surface area contributed by atoms with Gasteiger partial charge >= 0.3 is 0 Å². The van der Waals surface area contributed by atoms with Gasteiger partial charge in [0.2, 0.25) is 5.95 Å². The summed E-state index contributed by atoms with van der Waals surface area (Å²) < 4.78 is 12.1. The first kappa shape index (κ1) is 17.4. The molecule has 0 saturated heterocycles. The Morgan fingerprint density at radius 3 is 2.23 bits per heavy atom. The molecule has 0 spiro atoms. The van der Waals surface area contributed by atoms with E-state index in [4.69, 9.17) is 11.5 Å². The average molecular weight is 300 g/mol. The summed E-state index contributed by atoms with van der Waals surface area (Å²) in [5.41, 5.74) is 13.3. The second kappa shape index (κ2) is 7.93. The van der Waals surface area contributed by atoms with E-state index in [1.54, 1.807) is 12.1 Å². The smallest absolute Gasteiger partial charge is 0.222 e. The molecule has 0 aliphatic rings. The Morgan fingerprint density at radius 2 is 1.77 bits per heavy atom. The quantitative estimate of drug-likeness (QED) is 0.843. The van der Waals surface area contributed by atoms with E-state index in [1.165, 1.54) is 12.1 Å². The molecule has 1 heterocycles. The molecule has 2 aromatic rings. The van der Waals surface area contributed by atoms with E-state index in [9.17, 15) is 4.39 Å². The number of aryl methyl sites for hydroxylation is 1. The molecule has 0 aliphatic carbocycles. The normalized spacial score (nSPS) is 11.8. The molecular weight excluding hydrogens is 279 g/mol. The van der Waals surface area contributed by atoms with Gasteiger partial charge in [0, 0.05) is 5.22 Å². The lowest BCUT2D eigenvalue weighted by atomic mass is 10.2. The third kappa shape index (κ3) is 5.36. The number of rotatable bonds is 1. The minimum atomic E-state index is -0.171. The van der Waals surface area contributed by atoms with E-state index < -0.39 is 0 Å². The van der Waals surface area contributed by atoms with Crippen LogP contribution in [0.4, 0.5) is 16.2 Å². The van der Waals surface area contributed by atoms with E-state index in [-0.39, 0.29) is 11.8 Å². The van der Waals surface area contributed by atoms with Crippen molar-refractivity contribution < 1.29 is 4.39 Å². The van der Waals surface area contributed by atoms with Crippen LogP contribution in [0, 0.1) is 12.7 Å². The third-order valence-corrected chi connectivity index (χ3v) is 2.91. The first-order chi connectivity index (χ1) is 10.3. The fraction of sp³-hybridized carbons (Fsp3) is 0.176. The van der Waals surface area contributed by atoms with Gasteiger partial charge in [0.25, 0.3) is 0 Å². The Labute approximate surface area is 129 Å². The number of nitrogen functional groups attached to an aromatic ring is 2. The molecular formula is C17H21FN4. The van der Waals surface area contributed by atoms with Crippen LogP contribution >= 0.6 is 0 Å². The largest absolute Gasteiger partial charge is 0.383 e. The maximum atomic E-state index is 12.1. The molecule has 1 aromatic carbocycles. The van der Waals surface area contributed by atoms with Crippen molar-refractivity contribution in [2.45, 2.75) is 20.8 Å². The highest BCUT2D eigenvalue weighted by Gasteiger charge is 1.96. The predicted octanol–water partition coefficient (Wildman–Crippen LogP) is 1.93. The Balaban J connectivity index is 0.000000255. The molecule has 116 valence electrons. The molecule has 0 aliphatic heterocycles. The van der Waals surface area contributed by atoms with Gasteiger partial charge in [0.15, 0.2) is 0 Å². The molecule has 4 N–H and O–H groups in total. The first-order valence-corrected chi connectivity index (χ1v) is 6.78. The molecule has 22 heavy (non-hydrogen) atoms. The van der Waals surface area contributed by atoms with Crippen molar-refractivity contribution in [3.63, 3.8) is 0 Å². The van der Waals surface area contributed by atoms with Crippen LogP contribution in [0.2, 0.25) is 0 Å². The summed E-state index contributed by atoms with van der Waals surface area (Å²) in [6.07, 6.45) is 3.85. The van der Waals surface area contributed by atoms with Crippen molar-refractivity contribution in [1.82, 2.24) is 9.97 Å². The molecule has 0 radical (unpaired) electrons. The second-order valence-electron chi connectivity index (χ2n) is 4.80. The number of hydrogen-bond donors (Lipinski definition) is 2. The Bertz CT molecular complexity index is 743. The molecule has 4 nitrogen and oxygen atoms in total. The van der Waals surface area contributed by atoms with E-state index in [0.717, 1.165) is 16.4 Å². The standard InChI is InChI=1S/C10H14N4.C7H7F/c1-4-6(2)5-8-7(3)13-10(12)14-9(8)11;1-6-2-4-7(8)5-3-6/h4-5H,3H2,1-2H3,(H4,11,12,13,14);2-5H,1H3/b6-4-,8-5+;. The lowest BCUT2D eigenvalue weighted by Gasteiger charge is -1.97. The summed E-state index contributed by atoms with van der Waals surface area (Å²) in [4.78, 5) is 7.81. The second-order valence-corrected chi connectivity index (χ2v) is 4.80. The zero-order valence-corrected chi connectivity index (χ0v) is 13.1. The van der Waals surface area contributed by atoms with Crippen molar-refractivity contribution in [2.24, 2.45) is 0 Å². The number of allylic oxidation sites excluding steroid dienone is 2. The van der Waals surface area contributed by atoms with E-state index in [1.807, 2.05) is 32.9 Å². The summed E-state index contributed by atoms with van der Waals surface area (Å²) in [5.74, 6) is 0.349. The van der Waals surface area contributed by atoms with Gasteiger partial charge in [-0.1, -0.05) is 35.9 Å². The van der Waals surface area contributed by atoms with Gasteiger partial charge in [-0.3, -0.25) is 0 Å². The molecule has 0 atom stereocenters. The van der Waals surface area contributed by atoms with Crippen LogP contribution < -0.4 is 22.0 Å². The highest BCUT2D eigenvalue weighted by Crippen LogP contribution is 1.99. The zero-order valence-electron chi connectivity index (χ0n) is 13.1. The van der Waals surface area contributed by atoms with Crippen LogP contribution in [0.25, 0.3) is 12.7 Å². The molecule has 0 amide bonds. The first-order valence-electron chi connectivity index (χ1n) is 6.78. The van der Waals surface area contributed by atoms with Gasteiger partial charge < -0.3 is 11.5 Å². The van der Waals surface area contributed by atoms with Gasteiger partial charge in [0.05, 0.1) is 5.35 Å². The topological polar surface area (TPSA) is 77.8 Å². The van der Waals surface area contributed by atoms with Crippen LogP contribution in [0.1, 0.15) is 19.4 Å². The SMILES string of the molecule is C=c1nc(N)nc(N)/c1=C/C(C)=C\C.Cc1ccc(F)cc1. The molecule has 0 saturated carbocycles. The van der Waals surface area contributed by atoms with E-state index >= 15 is 0 Å². The predicted molar refractivity (Wildman–Crippen MR) is 90.7 cm³/mol. The minimum Gasteiger partial charge on any atom is -0.383 e. The number of nitrogens with two attached hydrogens (primary N) is 2. The van der Waals surface area contributed by atoms with Crippen LogP contribution in [-0.2, 0) is 0 Å². The summed E-state index contributed by atoms with van der Waals surface area (Å²) in [6, 6.07) is 6.40. The Morgan fingerprint density at radius 1 is 1.18 bits per heavy atom. The van der Waals surface area contributed by atoms with Crippen molar-refractivity contribution >= 4 is 24.4 Å². The number of anilines is 2. The molecule has 5 heteroatoms. The van der Waals surface area contributed by atoms with Gasteiger partial charge in [-0.15, -0.1) is 0 Å². The number of nitrogens with zero attached hydrogens (tertiary/aromatic N) is 2. The Hall–Kier alpha value is -2.69. The average Bonchev–Trinajstić information content (AvgIpc) is 2.46. The van der Waals surface area contributed by atoms with Gasteiger partial charge in [0.1, 0.15) is 11.6 Å². The Kier molecular flexibility index (Phi) is 6.25. The van der Waals surface area contributed by atoms with Crippen molar-refractivity contribution in [1.29, 1.82) is 0 Å². The van der Waals surface area contributed by atoms with Gasteiger partial charge in [-0.05, 0) is 39.0 Å². The summed E-state index contributed by atoms with van der Waals surface area (Å²) in [7, 11) is 0. The van der Waals surface area contributed by atoms with E-state index in [0.29, 0.717) is 11.2 Å². The third-order valence-electron chi connectivity index (χ3n) is 2.91. The fourth-order valence-electron chi connectivity index (χ4n) is 1.56. The monoisotopic (exact) mass is 300 g/mol. The number of hydrogen-bond acceptors (Lipinski definition) is 4. The van der Waals surface area contributed by atoms with Gasteiger partial charge in [-0.2, -0.15) is 4.98 Å². The highest BCUT2D eigenvalue weighted by atomic mass is 19.1. The molecule has 0 unspecified atom stereocenters.